The number of carbonyl (C=O) groups excluding carboxylic acids is 1. The fourth-order valence-corrected chi connectivity index (χ4v) is 2.63. The van der Waals surface area contributed by atoms with Crippen LogP contribution in [0.5, 0.6) is 0 Å². The molecule has 2 heterocycles. The predicted molar refractivity (Wildman–Crippen MR) is 108 cm³/mol. The molecular formula is C22H24N4O. The SMILES string of the molecule is CC(C)(C)c1ccc(Nc2cc(C(=O)NCc3cccnc3)ccn2)cc1. The van der Waals surface area contributed by atoms with Crippen molar-refractivity contribution in [2.24, 2.45) is 0 Å². The van der Waals surface area contributed by atoms with Gasteiger partial charge in [0.2, 0.25) is 0 Å². The topological polar surface area (TPSA) is 66.9 Å². The van der Waals surface area contributed by atoms with Crippen LogP contribution in [-0.2, 0) is 12.0 Å². The Morgan fingerprint density at radius 3 is 2.48 bits per heavy atom. The molecule has 1 aromatic carbocycles. The van der Waals surface area contributed by atoms with Crippen molar-refractivity contribution in [3.8, 4) is 0 Å². The van der Waals surface area contributed by atoms with E-state index in [4.69, 9.17) is 0 Å². The van der Waals surface area contributed by atoms with Crippen molar-refractivity contribution in [3.05, 3.63) is 83.8 Å². The van der Waals surface area contributed by atoms with Gasteiger partial charge in [-0.1, -0.05) is 39.0 Å². The molecule has 0 bridgehead atoms. The Hall–Kier alpha value is -3.21. The molecule has 0 fully saturated rings. The molecule has 0 aliphatic heterocycles. The third kappa shape index (κ3) is 5.14. The van der Waals surface area contributed by atoms with E-state index in [9.17, 15) is 4.79 Å². The van der Waals surface area contributed by atoms with E-state index in [1.807, 2.05) is 24.3 Å². The first-order valence-corrected chi connectivity index (χ1v) is 8.92. The van der Waals surface area contributed by atoms with E-state index < -0.39 is 0 Å². The van der Waals surface area contributed by atoms with Gasteiger partial charge in [0.1, 0.15) is 5.82 Å². The van der Waals surface area contributed by atoms with Gasteiger partial charge in [0, 0.05) is 36.4 Å². The molecule has 1 amide bonds. The predicted octanol–water partition coefficient (Wildman–Crippen LogP) is 4.45. The summed E-state index contributed by atoms with van der Waals surface area (Å²) in [6, 6.07) is 15.5. The first-order chi connectivity index (χ1) is 12.9. The first-order valence-electron chi connectivity index (χ1n) is 8.92. The summed E-state index contributed by atoms with van der Waals surface area (Å²) in [5, 5.41) is 6.15. The molecule has 0 aliphatic carbocycles. The summed E-state index contributed by atoms with van der Waals surface area (Å²) in [4.78, 5) is 20.7. The quantitative estimate of drug-likeness (QED) is 0.705. The minimum Gasteiger partial charge on any atom is -0.348 e. The van der Waals surface area contributed by atoms with Crippen LogP contribution < -0.4 is 10.6 Å². The summed E-state index contributed by atoms with van der Waals surface area (Å²) in [7, 11) is 0. The number of nitrogens with one attached hydrogen (secondary N) is 2. The number of pyridine rings is 2. The van der Waals surface area contributed by atoms with Crippen molar-refractivity contribution in [2.75, 3.05) is 5.32 Å². The highest BCUT2D eigenvalue weighted by Gasteiger charge is 2.13. The Labute approximate surface area is 159 Å². The number of hydrogen-bond donors (Lipinski definition) is 2. The lowest BCUT2D eigenvalue weighted by atomic mass is 9.87. The van der Waals surface area contributed by atoms with Gasteiger partial charge in [0.15, 0.2) is 0 Å². The van der Waals surface area contributed by atoms with Crippen LogP contribution >= 0.6 is 0 Å². The monoisotopic (exact) mass is 360 g/mol. The van der Waals surface area contributed by atoms with Crippen LogP contribution in [0.3, 0.4) is 0 Å². The number of anilines is 2. The van der Waals surface area contributed by atoms with Crippen LogP contribution in [-0.4, -0.2) is 15.9 Å². The second-order valence-corrected chi connectivity index (χ2v) is 7.43. The van der Waals surface area contributed by atoms with Crippen LogP contribution in [0, 0.1) is 0 Å². The molecule has 0 atom stereocenters. The molecule has 0 saturated carbocycles. The lowest BCUT2D eigenvalue weighted by Gasteiger charge is -2.19. The summed E-state index contributed by atoms with van der Waals surface area (Å²) in [5.74, 6) is 0.486. The number of hydrogen-bond acceptors (Lipinski definition) is 4. The molecule has 0 unspecified atom stereocenters. The molecule has 0 spiro atoms. The van der Waals surface area contributed by atoms with Gasteiger partial charge in [-0.05, 0) is 46.9 Å². The Balaban J connectivity index is 1.65. The van der Waals surface area contributed by atoms with E-state index in [1.165, 1.54) is 5.56 Å². The van der Waals surface area contributed by atoms with Crippen molar-refractivity contribution < 1.29 is 4.79 Å². The van der Waals surface area contributed by atoms with Gasteiger partial charge in [0.05, 0.1) is 0 Å². The smallest absolute Gasteiger partial charge is 0.251 e. The molecule has 138 valence electrons. The van der Waals surface area contributed by atoms with Gasteiger partial charge >= 0.3 is 0 Å². The lowest BCUT2D eigenvalue weighted by Crippen LogP contribution is -2.23. The number of aromatic nitrogens is 2. The molecule has 2 N–H and O–H groups in total. The molecule has 27 heavy (non-hydrogen) atoms. The Kier molecular flexibility index (Phi) is 5.50. The molecule has 3 rings (SSSR count). The summed E-state index contributed by atoms with van der Waals surface area (Å²) in [6.45, 7) is 6.99. The van der Waals surface area contributed by atoms with Crippen molar-refractivity contribution >= 4 is 17.4 Å². The molecule has 5 heteroatoms. The van der Waals surface area contributed by atoms with Crippen LogP contribution in [0.25, 0.3) is 0 Å². The molecule has 0 saturated heterocycles. The summed E-state index contributed by atoms with van der Waals surface area (Å²) >= 11 is 0. The lowest BCUT2D eigenvalue weighted by molar-refractivity contribution is 0.0951. The highest BCUT2D eigenvalue weighted by molar-refractivity contribution is 5.94. The zero-order chi connectivity index (χ0) is 19.3. The van der Waals surface area contributed by atoms with E-state index in [1.54, 1.807) is 30.7 Å². The number of rotatable bonds is 5. The Morgan fingerprint density at radius 2 is 1.81 bits per heavy atom. The third-order valence-corrected chi connectivity index (χ3v) is 4.22. The number of amides is 1. The number of benzene rings is 1. The van der Waals surface area contributed by atoms with E-state index in [2.05, 4.69) is 53.5 Å². The molecule has 0 aliphatic rings. The third-order valence-electron chi connectivity index (χ3n) is 4.22. The van der Waals surface area contributed by atoms with Gasteiger partial charge in [0.25, 0.3) is 5.91 Å². The largest absolute Gasteiger partial charge is 0.348 e. The highest BCUT2D eigenvalue weighted by Crippen LogP contribution is 2.24. The average molecular weight is 360 g/mol. The number of carbonyl (C=O) groups is 1. The molecular weight excluding hydrogens is 336 g/mol. The van der Waals surface area contributed by atoms with E-state index in [0.29, 0.717) is 17.9 Å². The van der Waals surface area contributed by atoms with E-state index in [0.717, 1.165) is 11.3 Å². The second kappa shape index (κ2) is 7.99. The van der Waals surface area contributed by atoms with Crippen LogP contribution in [0.1, 0.15) is 42.3 Å². The van der Waals surface area contributed by atoms with Crippen molar-refractivity contribution in [1.82, 2.24) is 15.3 Å². The summed E-state index contributed by atoms with van der Waals surface area (Å²) in [6.07, 6.45) is 5.08. The molecule has 5 nitrogen and oxygen atoms in total. The summed E-state index contributed by atoms with van der Waals surface area (Å²) in [5.41, 5.74) is 3.83. The van der Waals surface area contributed by atoms with Gasteiger partial charge in [-0.3, -0.25) is 9.78 Å². The molecule has 0 radical (unpaired) electrons. The minimum atomic E-state index is -0.146. The average Bonchev–Trinajstić information content (AvgIpc) is 2.67. The maximum atomic E-state index is 12.4. The fourth-order valence-electron chi connectivity index (χ4n) is 2.63. The van der Waals surface area contributed by atoms with Crippen molar-refractivity contribution in [2.45, 2.75) is 32.7 Å². The molecule has 2 aromatic heterocycles. The van der Waals surface area contributed by atoms with Gasteiger partial charge in [-0.15, -0.1) is 0 Å². The second-order valence-electron chi connectivity index (χ2n) is 7.43. The number of nitrogens with zero attached hydrogens (tertiary/aromatic N) is 2. The van der Waals surface area contributed by atoms with Crippen molar-refractivity contribution in [1.29, 1.82) is 0 Å². The fraction of sp³-hybridized carbons (Fsp3) is 0.227. The van der Waals surface area contributed by atoms with Crippen LogP contribution in [0.2, 0.25) is 0 Å². The van der Waals surface area contributed by atoms with Crippen LogP contribution in [0.4, 0.5) is 11.5 Å². The highest BCUT2D eigenvalue weighted by atomic mass is 16.1. The van der Waals surface area contributed by atoms with E-state index >= 15 is 0 Å². The Morgan fingerprint density at radius 1 is 1.04 bits per heavy atom. The Bertz CT molecular complexity index is 900. The zero-order valence-electron chi connectivity index (χ0n) is 15.9. The van der Waals surface area contributed by atoms with E-state index in [-0.39, 0.29) is 11.3 Å². The summed E-state index contributed by atoms with van der Waals surface area (Å²) < 4.78 is 0. The zero-order valence-corrected chi connectivity index (χ0v) is 15.9. The molecule has 3 aromatic rings. The standard InChI is InChI=1S/C22H24N4O/c1-22(2,3)18-6-8-19(9-7-18)26-20-13-17(10-12-24-20)21(27)25-15-16-5-4-11-23-14-16/h4-14H,15H2,1-3H3,(H,24,26)(H,25,27). The van der Waals surface area contributed by atoms with Crippen molar-refractivity contribution in [3.63, 3.8) is 0 Å². The van der Waals surface area contributed by atoms with Gasteiger partial charge in [-0.25, -0.2) is 4.98 Å². The maximum absolute atomic E-state index is 12.4. The normalized spacial score (nSPS) is 11.1. The van der Waals surface area contributed by atoms with Gasteiger partial charge in [-0.2, -0.15) is 0 Å². The first kappa shape index (κ1) is 18.6. The van der Waals surface area contributed by atoms with Crippen LogP contribution in [0.15, 0.2) is 67.1 Å². The minimum absolute atomic E-state index is 0.114. The maximum Gasteiger partial charge on any atom is 0.251 e. The van der Waals surface area contributed by atoms with Gasteiger partial charge < -0.3 is 10.6 Å².